The maximum atomic E-state index is 13.5. The topological polar surface area (TPSA) is 90.3 Å². The zero-order valence-electron chi connectivity index (χ0n) is 19.6. The molecule has 1 aliphatic rings. The molecule has 0 N–H and O–H groups in total. The molecule has 3 heterocycles. The Morgan fingerprint density at radius 2 is 1.61 bits per heavy atom. The Balaban J connectivity index is 1.58. The summed E-state index contributed by atoms with van der Waals surface area (Å²) >= 11 is 3.52. The molecule has 0 fully saturated rings. The van der Waals surface area contributed by atoms with Crippen molar-refractivity contribution in [3.05, 3.63) is 113 Å². The van der Waals surface area contributed by atoms with Crippen molar-refractivity contribution in [1.29, 1.82) is 0 Å². The van der Waals surface area contributed by atoms with Gasteiger partial charge in [0.1, 0.15) is 0 Å². The van der Waals surface area contributed by atoms with Crippen LogP contribution < -0.4 is 21.8 Å². The van der Waals surface area contributed by atoms with Crippen LogP contribution in [0.25, 0.3) is 21.8 Å². The van der Waals surface area contributed by atoms with Gasteiger partial charge in [-0.25, -0.2) is 14.6 Å². The third kappa shape index (κ3) is 3.42. The number of para-hydroxylation sites is 1. The van der Waals surface area contributed by atoms with E-state index in [9.17, 15) is 14.4 Å². The Morgan fingerprint density at radius 1 is 0.944 bits per heavy atom. The maximum Gasteiger partial charge on any atom is 0.422 e. The van der Waals surface area contributed by atoms with Crippen LogP contribution in [-0.2, 0) is 20.1 Å². The van der Waals surface area contributed by atoms with E-state index in [1.54, 1.807) is 41.9 Å². The van der Waals surface area contributed by atoms with Crippen LogP contribution >= 0.6 is 15.9 Å². The summed E-state index contributed by atoms with van der Waals surface area (Å²) in [6.07, 6.45) is 0. The highest BCUT2D eigenvalue weighted by Gasteiger charge is 2.25. The summed E-state index contributed by atoms with van der Waals surface area (Å²) in [5.41, 5.74) is 3.16. The summed E-state index contributed by atoms with van der Waals surface area (Å²) in [5, 5.41) is 0.742. The van der Waals surface area contributed by atoms with E-state index in [0.29, 0.717) is 50.9 Å². The van der Waals surface area contributed by atoms with Crippen LogP contribution in [0.2, 0.25) is 0 Å². The number of nitrogens with zero attached hydrogens (tertiary/aromatic N) is 4. The zero-order chi connectivity index (χ0) is 25.1. The van der Waals surface area contributed by atoms with Crippen LogP contribution in [0.5, 0.6) is 0 Å². The van der Waals surface area contributed by atoms with Gasteiger partial charge in [0.15, 0.2) is 0 Å². The largest absolute Gasteiger partial charge is 0.422 e. The Hall–Kier alpha value is -3.98. The van der Waals surface area contributed by atoms with E-state index < -0.39 is 17.4 Å². The molecule has 1 unspecified atom stereocenters. The van der Waals surface area contributed by atoms with Gasteiger partial charge in [0, 0.05) is 30.2 Å². The van der Waals surface area contributed by atoms with Gasteiger partial charge in [-0.15, -0.1) is 0 Å². The molecule has 5 aromatic rings. The van der Waals surface area contributed by atoms with Crippen LogP contribution in [0.3, 0.4) is 0 Å². The van der Waals surface area contributed by atoms with Gasteiger partial charge in [0.25, 0.3) is 5.56 Å². The predicted octanol–water partition coefficient (Wildman–Crippen LogP) is 4.09. The molecule has 0 spiro atoms. The van der Waals surface area contributed by atoms with Crippen molar-refractivity contribution < 1.29 is 4.42 Å². The molecule has 0 aliphatic carbocycles. The first-order valence-electron chi connectivity index (χ1n) is 11.5. The molecule has 0 radical (unpaired) electrons. The summed E-state index contributed by atoms with van der Waals surface area (Å²) in [7, 11) is 1.72. The van der Waals surface area contributed by atoms with E-state index in [1.165, 1.54) is 15.7 Å². The molecule has 1 atom stereocenters. The molecule has 0 saturated carbocycles. The predicted molar refractivity (Wildman–Crippen MR) is 142 cm³/mol. The van der Waals surface area contributed by atoms with Crippen LogP contribution in [0.4, 0.5) is 5.95 Å². The van der Waals surface area contributed by atoms with Crippen molar-refractivity contribution in [2.75, 3.05) is 4.90 Å². The lowest BCUT2D eigenvalue weighted by atomic mass is 10.0. The molecule has 180 valence electrons. The summed E-state index contributed by atoms with van der Waals surface area (Å²) in [4.78, 5) is 45.8. The van der Waals surface area contributed by atoms with Crippen LogP contribution in [0.15, 0.2) is 83.9 Å². The first kappa shape index (κ1) is 22.5. The fraction of sp³-hybridized carbons (Fsp3) is 0.185. The minimum atomic E-state index is -0.765. The number of benzene rings is 3. The van der Waals surface area contributed by atoms with Gasteiger partial charge < -0.3 is 9.32 Å². The third-order valence-corrected chi connectivity index (χ3v) is 7.33. The molecule has 1 aliphatic heterocycles. The lowest BCUT2D eigenvalue weighted by Crippen LogP contribution is -2.30. The lowest BCUT2D eigenvalue weighted by molar-refractivity contribution is 0.406. The quantitative estimate of drug-likeness (QED) is 0.339. The number of hydrogen-bond acceptors (Lipinski definition) is 6. The highest BCUT2D eigenvalue weighted by atomic mass is 79.9. The summed E-state index contributed by atoms with van der Waals surface area (Å²) < 4.78 is 8.72. The van der Waals surface area contributed by atoms with Crippen LogP contribution in [0, 0.1) is 0 Å². The van der Waals surface area contributed by atoms with Crippen LogP contribution in [-0.4, -0.2) is 14.1 Å². The highest BCUT2D eigenvalue weighted by Crippen LogP contribution is 2.32. The van der Waals surface area contributed by atoms with Gasteiger partial charge in [-0.2, -0.15) is 0 Å². The molecule has 8 nitrogen and oxygen atoms in total. The average Bonchev–Trinajstić information content (AvgIpc) is 3.30. The fourth-order valence-electron chi connectivity index (χ4n) is 5.07. The Labute approximate surface area is 213 Å². The second-order valence-corrected chi connectivity index (χ2v) is 9.93. The summed E-state index contributed by atoms with van der Waals surface area (Å²) in [6, 6.07) is 18.0. The minimum Gasteiger partial charge on any atom is -0.372 e. The van der Waals surface area contributed by atoms with Crippen molar-refractivity contribution in [2.45, 2.75) is 26.1 Å². The van der Waals surface area contributed by atoms with Crippen LogP contribution in [0.1, 0.15) is 29.7 Å². The van der Waals surface area contributed by atoms with Crippen molar-refractivity contribution in [1.82, 2.24) is 14.1 Å². The van der Waals surface area contributed by atoms with Gasteiger partial charge in [-0.1, -0.05) is 52.3 Å². The van der Waals surface area contributed by atoms with Crippen molar-refractivity contribution in [3.8, 4) is 0 Å². The van der Waals surface area contributed by atoms with Gasteiger partial charge in [-0.05, 0) is 42.3 Å². The van der Waals surface area contributed by atoms with E-state index >= 15 is 0 Å². The summed E-state index contributed by atoms with van der Waals surface area (Å²) in [5.74, 6) is -0.213. The molecule has 0 saturated heterocycles. The molecular weight excluding hydrogens is 524 g/mol. The third-order valence-electron chi connectivity index (χ3n) is 6.87. The number of rotatable bonds is 3. The Kier molecular flexibility index (Phi) is 5.19. The average molecular weight is 545 g/mol. The molecule has 3 aromatic carbocycles. The Bertz CT molecular complexity index is 1850. The molecule has 0 amide bonds. The number of aromatic nitrogens is 3. The number of fused-ring (bicyclic) bond motifs is 3. The van der Waals surface area contributed by atoms with Crippen molar-refractivity contribution >= 4 is 43.7 Å². The maximum absolute atomic E-state index is 13.5. The zero-order valence-corrected chi connectivity index (χ0v) is 21.2. The molecule has 36 heavy (non-hydrogen) atoms. The van der Waals surface area contributed by atoms with E-state index in [4.69, 9.17) is 9.40 Å². The molecule has 9 heteroatoms. The van der Waals surface area contributed by atoms with E-state index in [-0.39, 0.29) is 5.56 Å². The second-order valence-electron chi connectivity index (χ2n) is 9.01. The Morgan fingerprint density at radius 3 is 2.33 bits per heavy atom. The molecule has 2 aromatic heterocycles. The van der Waals surface area contributed by atoms with Crippen molar-refractivity contribution in [2.24, 2.45) is 7.05 Å². The van der Waals surface area contributed by atoms with E-state index in [1.807, 2.05) is 25.1 Å². The second kappa shape index (κ2) is 8.30. The van der Waals surface area contributed by atoms with E-state index in [0.717, 1.165) is 0 Å². The van der Waals surface area contributed by atoms with Gasteiger partial charge in [-0.3, -0.25) is 13.9 Å². The lowest BCUT2D eigenvalue weighted by Gasteiger charge is -2.23. The first-order chi connectivity index (χ1) is 17.3. The van der Waals surface area contributed by atoms with E-state index in [2.05, 4.69) is 33.0 Å². The first-order valence-corrected chi connectivity index (χ1v) is 12.3. The SMILES string of the molecule is CC(c1cc(Br)cc2c(=O)n(C)c(N3Cc4ccccc4C3)nc12)n1c(=O)oc(=O)c2ccccc21. The monoisotopic (exact) mass is 544 g/mol. The standard InChI is InChI=1S/C27H21BrN4O4/c1-15(32-22-10-6-5-9-19(22)25(34)36-27(32)35)20-11-18(28)12-21-23(20)29-26(30(2)24(21)33)31-13-16-7-3-4-8-17(16)14-31/h3-12,15H,13-14H2,1-2H3. The number of hydrogen-bond donors (Lipinski definition) is 0. The number of halogens is 1. The van der Waals surface area contributed by atoms with Gasteiger partial charge >= 0.3 is 11.4 Å². The highest BCUT2D eigenvalue weighted by molar-refractivity contribution is 9.10. The number of anilines is 1. The normalized spacial score (nSPS) is 13.9. The van der Waals surface area contributed by atoms with Gasteiger partial charge in [0.2, 0.25) is 5.95 Å². The molecule has 0 bridgehead atoms. The molecule has 6 rings (SSSR count). The molecular formula is C27H21BrN4O4. The van der Waals surface area contributed by atoms with Gasteiger partial charge in [0.05, 0.1) is 27.8 Å². The summed E-state index contributed by atoms with van der Waals surface area (Å²) in [6.45, 7) is 3.13. The minimum absolute atomic E-state index is 0.183. The smallest absolute Gasteiger partial charge is 0.372 e. The van der Waals surface area contributed by atoms with Crippen molar-refractivity contribution in [3.63, 3.8) is 0 Å². The fourth-order valence-corrected chi connectivity index (χ4v) is 5.55.